The van der Waals surface area contributed by atoms with Crippen molar-refractivity contribution >= 4 is 38.6 Å². The molecule has 13 nitrogen and oxygen atoms in total. The first-order chi connectivity index (χ1) is 28.7. The van der Waals surface area contributed by atoms with Gasteiger partial charge >= 0.3 is 6.09 Å². The minimum atomic E-state index is -4.24. The molecule has 7 rings (SSSR count). The first-order valence-electron chi connectivity index (χ1n) is 19.3. The Morgan fingerprint density at radius 1 is 0.867 bits per heavy atom. The lowest BCUT2D eigenvalue weighted by Gasteiger charge is -2.36. The molecular weight excluding hydrogens is 799 g/mol. The highest BCUT2D eigenvalue weighted by Crippen LogP contribution is 2.40. The molecule has 1 fully saturated rings. The van der Waals surface area contributed by atoms with Crippen molar-refractivity contribution in [1.29, 1.82) is 5.26 Å². The Bertz CT molecular complexity index is 2650. The number of carbonyl (C=O) groups is 1. The maximum absolute atomic E-state index is 14.4. The molecular formula is C45H45N7O6S2. The number of sulfonamides is 1. The predicted molar refractivity (Wildman–Crippen MR) is 232 cm³/mol. The molecule has 6 aromatic rings. The molecule has 0 bridgehead atoms. The van der Waals surface area contributed by atoms with Crippen molar-refractivity contribution in [3.63, 3.8) is 0 Å². The van der Waals surface area contributed by atoms with Crippen LogP contribution in [0.2, 0.25) is 0 Å². The number of aromatic nitrogens is 3. The fourth-order valence-corrected chi connectivity index (χ4v) is 8.88. The zero-order valence-corrected chi connectivity index (χ0v) is 35.9. The summed E-state index contributed by atoms with van der Waals surface area (Å²) in [4.78, 5) is 25.4. The maximum Gasteiger partial charge on any atom is 0.410 e. The van der Waals surface area contributed by atoms with E-state index in [1.54, 1.807) is 24.3 Å². The van der Waals surface area contributed by atoms with E-state index in [0.717, 1.165) is 56.3 Å². The SMILES string of the molecule is COc1ccc(CN(c2ncns2)S(=O)(=O)c2ccc(Oc3ccc(-c4ccc(C)cc4)cc3-c3ccnc(N4CCN(C(=O)OC(C)(C)C)CC4)c3)c(C#N)c2)c(C)c1. The molecule has 1 amide bonds. The summed E-state index contributed by atoms with van der Waals surface area (Å²) >= 11 is 0.956. The Hall–Kier alpha value is -6.50. The number of amides is 1. The molecule has 0 aliphatic carbocycles. The second-order valence-corrected chi connectivity index (χ2v) is 18.0. The van der Waals surface area contributed by atoms with Gasteiger partial charge in [0.2, 0.25) is 5.13 Å². The van der Waals surface area contributed by atoms with Gasteiger partial charge in [0.1, 0.15) is 41.1 Å². The van der Waals surface area contributed by atoms with Crippen molar-refractivity contribution in [3.05, 3.63) is 126 Å². The van der Waals surface area contributed by atoms with Crippen molar-refractivity contribution in [2.45, 2.75) is 51.7 Å². The molecule has 1 saturated heterocycles. The number of benzene rings is 4. The average Bonchev–Trinajstić information content (AvgIpc) is 3.78. The van der Waals surface area contributed by atoms with E-state index in [2.05, 4.69) is 49.6 Å². The molecule has 3 heterocycles. The van der Waals surface area contributed by atoms with Crippen molar-refractivity contribution in [2.75, 3.05) is 42.5 Å². The lowest BCUT2D eigenvalue weighted by atomic mass is 9.98. The van der Waals surface area contributed by atoms with Gasteiger partial charge in [0.05, 0.1) is 24.1 Å². The number of hydrogen-bond donors (Lipinski definition) is 0. The third-order valence-corrected chi connectivity index (χ3v) is 12.5. The number of ether oxygens (including phenoxy) is 3. The van der Waals surface area contributed by atoms with Gasteiger partial charge in [-0.05, 0) is 117 Å². The van der Waals surface area contributed by atoms with E-state index >= 15 is 0 Å². The highest BCUT2D eigenvalue weighted by Gasteiger charge is 2.30. The minimum Gasteiger partial charge on any atom is -0.497 e. The number of pyridine rings is 1. The molecule has 0 atom stereocenters. The van der Waals surface area contributed by atoms with Gasteiger partial charge in [-0.1, -0.05) is 42.0 Å². The number of rotatable bonds is 11. The largest absolute Gasteiger partial charge is 0.497 e. The van der Waals surface area contributed by atoms with Crippen molar-refractivity contribution < 1.29 is 27.4 Å². The Balaban J connectivity index is 1.20. The van der Waals surface area contributed by atoms with E-state index in [9.17, 15) is 18.5 Å². The van der Waals surface area contributed by atoms with Crippen molar-refractivity contribution in [1.82, 2.24) is 19.2 Å². The third kappa shape index (κ3) is 9.35. The van der Waals surface area contributed by atoms with Crippen LogP contribution in [0.3, 0.4) is 0 Å². The average molecular weight is 844 g/mol. The van der Waals surface area contributed by atoms with E-state index in [1.807, 2.05) is 77.1 Å². The fraction of sp³-hybridized carbons (Fsp3) is 0.267. The summed E-state index contributed by atoms with van der Waals surface area (Å²) in [6.45, 7) is 11.6. The second kappa shape index (κ2) is 17.4. The van der Waals surface area contributed by atoms with Gasteiger partial charge in [-0.15, -0.1) is 0 Å². The van der Waals surface area contributed by atoms with Gasteiger partial charge in [-0.2, -0.15) is 9.64 Å². The van der Waals surface area contributed by atoms with Crippen LogP contribution in [0.1, 0.15) is 43.0 Å². The standard InChI is InChI=1S/C45H45N7O6S2/c1-30-7-9-32(10-8-30)33-12-15-41(39(25-33)34-17-18-47-42(26-34)50-19-21-51(22-20-50)44(53)58-45(3,4)5)57-40-16-14-38(24-36(40)27-46)60(54,55)52(43-48-29-49-59-43)28-35-11-13-37(56-6)23-31(35)2/h7-18,23-26,29H,19-22,28H2,1-6H3. The second-order valence-electron chi connectivity index (χ2n) is 15.3. The van der Waals surface area contributed by atoms with Gasteiger partial charge in [0, 0.05) is 49.5 Å². The fourth-order valence-electron chi connectivity index (χ4n) is 6.73. The van der Waals surface area contributed by atoms with Crippen LogP contribution in [0.15, 0.2) is 108 Å². The number of anilines is 2. The summed E-state index contributed by atoms with van der Waals surface area (Å²) in [5.74, 6) is 2.03. The first-order valence-corrected chi connectivity index (χ1v) is 21.5. The third-order valence-electron chi connectivity index (χ3n) is 9.98. The summed E-state index contributed by atoms with van der Waals surface area (Å²) in [5.41, 5.74) is 5.70. The van der Waals surface area contributed by atoms with Crippen molar-refractivity contribution in [2.24, 2.45) is 0 Å². The maximum atomic E-state index is 14.4. The molecule has 0 spiro atoms. The normalized spacial score (nSPS) is 13.1. The van der Waals surface area contributed by atoms with E-state index in [1.165, 1.54) is 28.8 Å². The lowest BCUT2D eigenvalue weighted by Crippen LogP contribution is -2.50. The van der Waals surface area contributed by atoms with E-state index in [4.69, 9.17) is 14.2 Å². The van der Waals surface area contributed by atoms with Crippen LogP contribution >= 0.6 is 11.5 Å². The Kier molecular flexibility index (Phi) is 12.1. The van der Waals surface area contributed by atoms with E-state index in [0.29, 0.717) is 37.7 Å². The number of methoxy groups -OCH3 is 1. The van der Waals surface area contributed by atoms with Crippen LogP contribution in [0.5, 0.6) is 17.2 Å². The van der Waals surface area contributed by atoms with Crippen LogP contribution < -0.4 is 18.7 Å². The van der Waals surface area contributed by atoms with Gasteiger partial charge in [0.25, 0.3) is 10.0 Å². The molecule has 2 aromatic heterocycles. The molecule has 1 aliphatic rings. The van der Waals surface area contributed by atoms with E-state index in [-0.39, 0.29) is 34.0 Å². The zero-order chi connectivity index (χ0) is 42.6. The zero-order valence-electron chi connectivity index (χ0n) is 34.2. The lowest BCUT2D eigenvalue weighted by molar-refractivity contribution is 0.0240. The number of aryl methyl sites for hydroxylation is 2. The van der Waals surface area contributed by atoms with Crippen LogP contribution in [0.25, 0.3) is 22.3 Å². The molecule has 0 saturated carbocycles. The van der Waals surface area contributed by atoms with Gasteiger partial charge in [-0.3, -0.25) is 0 Å². The number of piperazine rings is 1. The minimum absolute atomic E-state index is 0.0163. The molecule has 308 valence electrons. The van der Waals surface area contributed by atoms with Crippen molar-refractivity contribution in [3.8, 4) is 45.6 Å². The highest BCUT2D eigenvalue weighted by atomic mass is 32.2. The summed E-state index contributed by atoms with van der Waals surface area (Å²) in [5, 5.41) is 10.6. The molecule has 0 radical (unpaired) electrons. The number of nitriles is 1. The number of carbonyl (C=O) groups excluding carboxylic acids is 1. The topological polar surface area (TPSA) is 151 Å². The molecule has 4 aromatic carbocycles. The molecule has 60 heavy (non-hydrogen) atoms. The molecule has 1 aliphatic heterocycles. The summed E-state index contributed by atoms with van der Waals surface area (Å²) in [6.07, 6.45) is 2.71. The highest BCUT2D eigenvalue weighted by molar-refractivity contribution is 7.93. The summed E-state index contributed by atoms with van der Waals surface area (Å²) in [6, 6.07) is 29.8. The molecule has 15 heteroatoms. The van der Waals surface area contributed by atoms with Gasteiger partial charge in [0.15, 0.2) is 0 Å². The quantitative estimate of drug-likeness (QED) is 0.123. The molecule has 0 unspecified atom stereocenters. The smallest absolute Gasteiger partial charge is 0.410 e. The number of nitrogens with zero attached hydrogens (tertiary/aromatic N) is 7. The predicted octanol–water partition coefficient (Wildman–Crippen LogP) is 9.01. The first kappa shape index (κ1) is 41.7. The van der Waals surface area contributed by atoms with Crippen LogP contribution in [-0.2, 0) is 21.3 Å². The monoisotopic (exact) mass is 843 g/mol. The van der Waals surface area contributed by atoms with Gasteiger partial charge in [-0.25, -0.2) is 27.5 Å². The Labute approximate surface area is 354 Å². The Morgan fingerprint density at radius 3 is 2.27 bits per heavy atom. The summed E-state index contributed by atoms with van der Waals surface area (Å²) in [7, 11) is -2.66. The summed E-state index contributed by atoms with van der Waals surface area (Å²) < 4.78 is 51.4. The van der Waals surface area contributed by atoms with E-state index < -0.39 is 15.6 Å². The number of hydrogen-bond acceptors (Lipinski definition) is 12. The van der Waals surface area contributed by atoms with Crippen LogP contribution in [0, 0.1) is 25.2 Å². The van der Waals surface area contributed by atoms with Crippen LogP contribution in [-0.4, -0.2) is 72.6 Å². The van der Waals surface area contributed by atoms with Crippen LogP contribution in [0.4, 0.5) is 15.7 Å². The Morgan fingerprint density at radius 2 is 1.60 bits per heavy atom. The molecule has 0 N–H and O–H groups in total. The van der Waals surface area contributed by atoms with Gasteiger partial charge < -0.3 is 24.0 Å².